The summed E-state index contributed by atoms with van der Waals surface area (Å²) in [6, 6.07) is 3.88. The molecular formula is C10H12ClFINO2S. The SMILES string of the molecule is CC(CCl)CS(=O)(=O)Nc1ccc(F)cc1I. The third kappa shape index (κ3) is 4.97. The second kappa shape index (κ2) is 6.19. The molecule has 1 aromatic carbocycles. The minimum absolute atomic E-state index is 0.0516. The second-order valence-electron chi connectivity index (χ2n) is 3.77. The summed E-state index contributed by atoms with van der Waals surface area (Å²) in [6.07, 6.45) is 0. The molecule has 0 bridgehead atoms. The molecule has 7 heteroatoms. The molecule has 0 aliphatic carbocycles. The fourth-order valence-electron chi connectivity index (χ4n) is 1.20. The summed E-state index contributed by atoms with van der Waals surface area (Å²) in [6.45, 7) is 1.75. The molecule has 0 fully saturated rings. The van der Waals surface area contributed by atoms with Crippen LogP contribution in [0.25, 0.3) is 0 Å². The lowest BCUT2D eigenvalue weighted by Gasteiger charge is -2.12. The van der Waals surface area contributed by atoms with Crippen LogP contribution in [0.4, 0.5) is 10.1 Å². The molecule has 0 radical (unpaired) electrons. The number of nitrogens with one attached hydrogen (secondary N) is 1. The van der Waals surface area contributed by atoms with Crippen LogP contribution in [0.3, 0.4) is 0 Å². The van der Waals surface area contributed by atoms with Gasteiger partial charge in [-0.2, -0.15) is 0 Å². The van der Waals surface area contributed by atoms with Crippen molar-refractivity contribution in [3.8, 4) is 0 Å². The van der Waals surface area contributed by atoms with E-state index in [2.05, 4.69) is 4.72 Å². The third-order valence-corrected chi connectivity index (χ3v) is 4.92. The lowest BCUT2D eigenvalue weighted by Crippen LogP contribution is -2.22. The predicted molar refractivity (Wildman–Crippen MR) is 76.4 cm³/mol. The van der Waals surface area contributed by atoms with Gasteiger partial charge in [-0.3, -0.25) is 4.72 Å². The number of alkyl halides is 1. The van der Waals surface area contributed by atoms with Gasteiger partial charge >= 0.3 is 0 Å². The van der Waals surface area contributed by atoms with Crippen molar-refractivity contribution >= 4 is 49.9 Å². The van der Waals surface area contributed by atoms with Crippen LogP contribution in [0.5, 0.6) is 0 Å². The Morgan fingerprint density at radius 2 is 2.18 bits per heavy atom. The Morgan fingerprint density at radius 3 is 2.71 bits per heavy atom. The molecule has 96 valence electrons. The van der Waals surface area contributed by atoms with Crippen molar-refractivity contribution in [1.29, 1.82) is 0 Å². The average molecular weight is 392 g/mol. The summed E-state index contributed by atoms with van der Waals surface area (Å²) in [4.78, 5) is 0. The number of benzene rings is 1. The summed E-state index contributed by atoms with van der Waals surface area (Å²) in [5, 5.41) is 0. The Hall–Kier alpha value is -0.0800. The average Bonchev–Trinajstić information content (AvgIpc) is 2.21. The van der Waals surface area contributed by atoms with Crippen LogP contribution in [0.2, 0.25) is 0 Å². The van der Waals surface area contributed by atoms with Crippen molar-refractivity contribution in [2.45, 2.75) is 6.92 Å². The van der Waals surface area contributed by atoms with Crippen molar-refractivity contribution in [3.05, 3.63) is 27.6 Å². The van der Waals surface area contributed by atoms with Crippen LogP contribution >= 0.6 is 34.2 Å². The highest BCUT2D eigenvalue weighted by molar-refractivity contribution is 14.1. The Kier molecular flexibility index (Phi) is 5.46. The van der Waals surface area contributed by atoms with Gasteiger partial charge < -0.3 is 0 Å². The summed E-state index contributed by atoms with van der Waals surface area (Å²) in [7, 11) is -3.44. The normalized spacial score (nSPS) is 13.4. The van der Waals surface area contributed by atoms with E-state index in [1.54, 1.807) is 6.92 Å². The number of hydrogen-bond donors (Lipinski definition) is 1. The molecule has 0 aliphatic heterocycles. The zero-order chi connectivity index (χ0) is 13.1. The van der Waals surface area contributed by atoms with Gasteiger partial charge in [0.2, 0.25) is 10.0 Å². The van der Waals surface area contributed by atoms with E-state index in [1.807, 2.05) is 22.6 Å². The second-order valence-corrected chi connectivity index (χ2v) is 7.00. The van der Waals surface area contributed by atoms with Crippen LogP contribution in [-0.4, -0.2) is 20.1 Å². The zero-order valence-corrected chi connectivity index (χ0v) is 12.8. The number of halogens is 3. The molecule has 0 aromatic heterocycles. The Bertz CT molecular complexity index is 495. The van der Waals surface area contributed by atoms with E-state index in [-0.39, 0.29) is 17.6 Å². The van der Waals surface area contributed by atoms with Crippen molar-refractivity contribution < 1.29 is 12.8 Å². The standard InChI is InChI=1S/C10H12ClFINO2S/c1-7(5-11)6-17(15,16)14-10-3-2-8(12)4-9(10)13/h2-4,7,14H,5-6H2,1H3. The van der Waals surface area contributed by atoms with Gasteiger partial charge in [-0.25, -0.2) is 12.8 Å². The first kappa shape index (κ1) is 15.0. The fourth-order valence-corrected chi connectivity index (χ4v) is 3.70. The van der Waals surface area contributed by atoms with Crippen LogP contribution in [0.1, 0.15) is 6.92 Å². The van der Waals surface area contributed by atoms with Crippen molar-refractivity contribution in [2.75, 3.05) is 16.4 Å². The molecular weight excluding hydrogens is 380 g/mol. The van der Waals surface area contributed by atoms with Gasteiger partial charge in [0.1, 0.15) is 5.82 Å². The Balaban J connectivity index is 2.83. The van der Waals surface area contributed by atoms with Gasteiger partial charge in [0, 0.05) is 9.45 Å². The lowest BCUT2D eigenvalue weighted by atomic mass is 10.3. The van der Waals surface area contributed by atoms with Crippen LogP contribution in [0, 0.1) is 15.3 Å². The quantitative estimate of drug-likeness (QED) is 0.619. The van der Waals surface area contributed by atoms with E-state index < -0.39 is 15.8 Å². The monoisotopic (exact) mass is 391 g/mol. The predicted octanol–water partition coefficient (Wildman–Crippen LogP) is 3.05. The third-order valence-electron chi connectivity index (χ3n) is 1.96. The first-order chi connectivity index (χ1) is 7.84. The van der Waals surface area contributed by atoms with Crippen molar-refractivity contribution in [3.63, 3.8) is 0 Å². The topological polar surface area (TPSA) is 46.2 Å². The molecule has 3 nitrogen and oxygen atoms in total. The summed E-state index contributed by atoms with van der Waals surface area (Å²) >= 11 is 7.45. The molecule has 0 saturated heterocycles. The van der Waals surface area contributed by atoms with Gasteiger partial charge in [-0.1, -0.05) is 6.92 Å². The van der Waals surface area contributed by atoms with E-state index in [0.29, 0.717) is 9.26 Å². The molecule has 1 atom stereocenters. The highest BCUT2D eigenvalue weighted by Crippen LogP contribution is 2.20. The molecule has 1 N–H and O–H groups in total. The Labute approximate surface area is 119 Å². The van der Waals surface area contributed by atoms with E-state index >= 15 is 0 Å². The van der Waals surface area contributed by atoms with Gasteiger partial charge in [0.05, 0.1) is 11.4 Å². The van der Waals surface area contributed by atoms with Crippen molar-refractivity contribution in [1.82, 2.24) is 0 Å². The molecule has 0 amide bonds. The van der Waals surface area contributed by atoms with Gasteiger partial charge in [-0.15, -0.1) is 11.6 Å². The van der Waals surface area contributed by atoms with Crippen molar-refractivity contribution in [2.24, 2.45) is 5.92 Å². The van der Waals surface area contributed by atoms with Crippen LogP contribution in [0.15, 0.2) is 18.2 Å². The van der Waals surface area contributed by atoms with Crippen LogP contribution in [-0.2, 0) is 10.0 Å². The minimum Gasteiger partial charge on any atom is -0.282 e. The van der Waals surface area contributed by atoms with E-state index in [9.17, 15) is 12.8 Å². The molecule has 0 spiro atoms. The lowest BCUT2D eigenvalue weighted by molar-refractivity contribution is 0.588. The fraction of sp³-hybridized carbons (Fsp3) is 0.400. The summed E-state index contributed by atoms with van der Waals surface area (Å²) in [5.41, 5.74) is 0.383. The van der Waals surface area contributed by atoms with Gasteiger partial charge in [-0.05, 0) is 46.7 Å². The first-order valence-corrected chi connectivity index (χ1v) is 8.12. The molecule has 0 heterocycles. The molecule has 1 aromatic rings. The molecule has 17 heavy (non-hydrogen) atoms. The maximum atomic E-state index is 12.8. The van der Waals surface area contributed by atoms with Gasteiger partial charge in [0.15, 0.2) is 0 Å². The number of hydrogen-bond acceptors (Lipinski definition) is 2. The van der Waals surface area contributed by atoms with Gasteiger partial charge in [0.25, 0.3) is 0 Å². The van der Waals surface area contributed by atoms with E-state index in [0.717, 1.165) is 0 Å². The number of rotatable bonds is 5. The molecule has 0 aliphatic rings. The smallest absolute Gasteiger partial charge is 0.233 e. The molecule has 1 unspecified atom stereocenters. The number of anilines is 1. The zero-order valence-electron chi connectivity index (χ0n) is 9.08. The summed E-state index contributed by atoms with van der Waals surface area (Å²) in [5.74, 6) is -0.301. The van der Waals surface area contributed by atoms with E-state index in [4.69, 9.17) is 11.6 Å². The first-order valence-electron chi connectivity index (χ1n) is 4.85. The highest BCUT2D eigenvalue weighted by atomic mass is 127. The van der Waals surface area contributed by atoms with E-state index in [1.165, 1.54) is 18.2 Å². The largest absolute Gasteiger partial charge is 0.282 e. The maximum absolute atomic E-state index is 12.8. The Morgan fingerprint density at radius 1 is 1.53 bits per heavy atom. The maximum Gasteiger partial charge on any atom is 0.233 e. The molecule has 0 saturated carbocycles. The van der Waals surface area contributed by atoms with Crippen LogP contribution < -0.4 is 4.72 Å². The number of sulfonamides is 1. The minimum atomic E-state index is -3.44. The highest BCUT2D eigenvalue weighted by Gasteiger charge is 2.16. The molecule has 1 rings (SSSR count). The summed E-state index contributed by atoms with van der Waals surface area (Å²) < 4.78 is 39.3.